The number of rotatable bonds is 4. The van der Waals surface area contributed by atoms with Crippen molar-refractivity contribution in [3.8, 4) is 0 Å². The molecule has 0 aliphatic rings. The lowest BCUT2D eigenvalue weighted by Crippen LogP contribution is -1.97. The Balaban J connectivity index is 2.37. The molecule has 0 heterocycles. The van der Waals surface area contributed by atoms with Gasteiger partial charge in [-0.1, -0.05) is 28.1 Å². The lowest BCUT2D eigenvalue weighted by Gasteiger charge is -1.99. The number of halogens is 1. The van der Waals surface area contributed by atoms with Crippen LogP contribution in [0.5, 0.6) is 0 Å². The summed E-state index contributed by atoms with van der Waals surface area (Å²) >= 11 is 4.74. The molecule has 13 heavy (non-hydrogen) atoms. The number of carbonyl (C=O) groups is 1. The zero-order valence-electron chi connectivity index (χ0n) is 6.87. The van der Waals surface area contributed by atoms with Gasteiger partial charge in [0.15, 0.2) is 0 Å². The first kappa shape index (κ1) is 10.6. The molecule has 1 rings (SSSR count). The lowest BCUT2D eigenvalue weighted by molar-refractivity contribution is -0.133. The van der Waals surface area contributed by atoms with E-state index >= 15 is 0 Å². The molecule has 0 unspecified atom stereocenters. The summed E-state index contributed by atoms with van der Waals surface area (Å²) in [5.74, 6) is 0.150. The zero-order chi connectivity index (χ0) is 9.68. The van der Waals surface area contributed by atoms with Gasteiger partial charge in [0, 0.05) is 10.2 Å². The first-order valence-corrected chi connectivity index (χ1v) is 5.67. The minimum atomic E-state index is -0.762. The molecule has 0 aromatic heterocycles. The highest BCUT2D eigenvalue weighted by Crippen LogP contribution is 2.15. The fourth-order valence-corrected chi connectivity index (χ4v) is 1.81. The molecule has 0 aliphatic heterocycles. The minimum Gasteiger partial charge on any atom is -0.481 e. The summed E-state index contributed by atoms with van der Waals surface area (Å²) in [6.45, 7) is 0. The van der Waals surface area contributed by atoms with E-state index in [2.05, 4.69) is 15.9 Å². The second-order valence-corrected chi connectivity index (χ2v) is 4.41. The molecule has 4 heteroatoms. The molecule has 70 valence electrons. The van der Waals surface area contributed by atoms with Gasteiger partial charge in [-0.2, -0.15) is 0 Å². The second kappa shape index (κ2) is 5.29. The SMILES string of the molecule is O=C(O)CSCc1ccc(Br)cc1. The monoisotopic (exact) mass is 260 g/mol. The van der Waals surface area contributed by atoms with Crippen LogP contribution >= 0.6 is 27.7 Å². The van der Waals surface area contributed by atoms with Gasteiger partial charge in [0.25, 0.3) is 0 Å². The number of hydrogen-bond acceptors (Lipinski definition) is 2. The third-order valence-corrected chi connectivity index (χ3v) is 2.92. The van der Waals surface area contributed by atoms with Gasteiger partial charge < -0.3 is 5.11 Å². The number of thioether (sulfide) groups is 1. The molecule has 0 fully saturated rings. The molecule has 1 N–H and O–H groups in total. The van der Waals surface area contributed by atoms with Crippen molar-refractivity contribution < 1.29 is 9.90 Å². The van der Waals surface area contributed by atoms with Crippen LogP contribution in [0.25, 0.3) is 0 Å². The largest absolute Gasteiger partial charge is 0.481 e. The molecule has 0 radical (unpaired) electrons. The summed E-state index contributed by atoms with van der Waals surface area (Å²) in [5.41, 5.74) is 1.15. The van der Waals surface area contributed by atoms with Gasteiger partial charge in [-0.25, -0.2) is 0 Å². The molecule has 0 saturated heterocycles. The molecule has 1 aromatic carbocycles. The van der Waals surface area contributed by atoms with Gasteiger partial charge in [-0.15, -0.1) is 11.8 Å². The van der Waals surface area contributed by atoms with E-state index in [4.69, 9.17) is 5.11 Å². The fourth-order valence-electron chi connectivity index (χ4n) is 0.837. The topological polar surface area (TPSA) is 37.3 Å². The van der Waals surface area contributed by atoms with Crippen LogP contribution in [-0.4, -0.2) is 16.8 Å². The summed E-state index contributed by atoms with van der Waals surface area (Å²) in [6, 6.07) is 7.88. The van der Waals surface area contributed by atoms with Crippen molar-refractivity contribution >= 4 is 33.7 Å². The molecule has 0 amide bonds. The molecular weight excluding hydrogens is 252 g/mol. The van der Waals surface area contributed by atoms with Crippen LogP contribution in [-0.2, 0) is 10.5 Å². The Morgan fingerprint density at radius 1 is 1.38 bits per heavy atom. The summed E-state index contributed by atoms with van der Waals surface area (Å²) < 4.78 is 1.04. The maximum absolute atomic E-state index is 10.2. The highest BCUT2D eigenvalue weighted by molar-refractivity contribution is 9.10. The Kier molecular flexibility index (Phi) is 4.32. The van der Waals surface area contributed by atoms with E-state index in [1.54, 1.807) is 0 Å². The van der Waals surface area contributed by atoms with Crippen LogP contribution < -0.4 is 0 Å². The Morgan fingerprint density at radius 3 is 2.54 bits per heavy atom. The van der Waals surface area contributed by atoms with E-state index in [9.17, 15) is 4.79 Å². The molecule has 2 nitrogen and oxygen atoms in total. The molecule has 0 saturated carbocycles. The quantitative estimate of drug-likeness (QED) is 0.905. The average Bonchev–Trinajstić information content (AvgIpc) is 2.08. The van der Waals surface area contributed by atoms with Crippen LogP contribution in [0.3, 0.4) is 0 Å². The van der Waals surface area contributed by atoms with Gasteiger partial charge in [-0.3, -0.25) is 4.79 Å². The predicted molar refractivity (Wildman–Crippen MR) is 57.9 cm³/mol. The third kappa shape index (κ3) is 4.33. The summed E-state index contributed by atoms with van der Waals surface area (Å²) in [6.07, 6.45) is 0. The average molecular weight is 261 g/mol. The van der Waals surface area contributed by atoms with E-state index in [1.165, 1.54) is 11.8 Å². The number of hydrogen-bond donors (Lipinski definition) is 1. The molecule has 0 spiro atoms. The zero-order valence-corrected chi connectivity index (χ0v) is 9.27. The smallest absolute Gasteiger partial charge is 0.313 e. The first-order chi connectivity index (χ1) is 6.18. The predicted octanol–water partition coefficient (Wildman–Crippen LogP) is 2.77. The van der Waals surface area contributed by atoms with Crippen LogP contribution in [0.1, 0.15) is 5.56 Å². The Hall–Kier alpha value is -0.480. The second-order valence-electron chi connectivity index (χ2n) is 2.51. The maximum Gasteiger partial charge on any atom is 0.313 e. The molecule has 1 aromatic rings. The van der Waals surface area contributed by atoms with Crippen molar-refractivity contribution in [3.63, 3.8) is 0 Å². The van der Waals surface area contributed by atoms with Gasteiger partial charge in [0.1, 0.15) is 0 Å². The van der Waals surface area contributed by atoms with Crippen LogP contribution in [0.4, 0.5) is 0 Å². The van der Waals surface area contributed by atoms with Crippen molar-refractivity contribution in [1.82, 2.24) is 0 Å². The van der Waals surface area contributed by atoms with Gasteiger partial charge in [0.05, 0.1) is 5.75 Å². The number of carboxylic acid groups (broad SMARTS) is 1. The number of benzene rings is 1. The molecule has 0 bridgehead atoms. The van der Waals surface area contributed by atoms with E-state index < -0.39 is 5.97 Å². The third-order valence-electron chi connectivity index (χ3n) is 1.41. The summed E-state index contributed by atoms with van der Waals surface area (Å²) in [4.78, 5) is 10.2. The fraction of sp³-hybridized carbons (Fsp3) is 0.222. The lowest BCUT2D eigenvalue weighted by atomic mass is 10.2. The summed E-state index contributed by atoms with van der Waals surface area (Å²) in [5, 5.41) is 8.41. The minimum absolute atomic E-state index is 0.163. The first-order valence-electron chi connectivity index (χ1n) is 3.72. The Bertz CT molecular complexity index is 284. The van der Waals surface area contributed by atoms with Crippen molar-refractivity contribution in [3.05, 3.63) is 34.3 Å². The van der Waals surface area contributed by atoms with E-state index in [-0.39, 0.29) is 5.75 Å². The molecular formula is C9H9BrO2S. The van der Waals surface area contributed by atoms with Crippen LogP contribution in [0.2, 0.25) is 0 Å². The van der Waals surface area contributed by atoms with Crippen LogP contribution in [0, 0.1) is 0 Å². The van der Waals surface area contributed by atoms with E-state index in [0.29, 0.717) is 0 Å². The van der Waals surface area contributed by atoms with Gasteiger partial charge in [0.2, 0.25) is 0 Å². The Labute approximate surface area is 89.5 Å². The van der Waals surface area contributed by atoms with Crippen LogP contribution in [0.15, 0.2) is 28.7 Å². The number of aliphatic carboxylic acids is 1. The normalized spacial score (nSPS) is 9.92. The molecule has 0 atom stereocenters. The highest BCUT2D eigenvalue weighted by Gasteiger charge is 1.97. The van der Waals surface area contributed by atoms with Crippen molar-refractivity contribution in [2.45, 2.75) is 5.75 Å². The van der Waals surface area contributed by atoms with Crippen molar-refractivity contribution in [2.24, 2.45) is 0 Å². The Morgan fingerprint density at radius 2 is 2.00 bits per heavy atom. The standard InChI is InChI=1S/C9H9BrO2S/c10-8-3-1-7(2-4-8)5-13-6-9(11)12/h1-4H,5-6H2,(H,11,12). The van der Waals surface area contributed by atoms with Gasteiger partial charge >= 0.3 is 5.97 Å². The number of carboxylic acids is 1. The molecule has 0 aliphatic carbocycles. The van der Waals surface area contributed by atoms with Crippen molar-refractivity contribution in [1.29, 1.82) is 0 Å². The van der Waals surface area contributed by atoms with Gasteiger partial charge in [-0.05, 0) is 17.7 Å². The van der Waals surface area contributed by atoms with Crippen molar-refractivity contribution in [2.75, 3.05) is 5.75 Å². The van der Waals surface area contributed by atoms with E-state index in [0.717, 1.165) is 15.8 Å². The van der Waals surface area contributed by atoms with E-state index in [1.807, 2.05) is 24.3 Å². The summed E-state index contributed by atoms with van der Waals surface area (Å²) in [7, 11) is 0. The highest BCUT2D eigenvalue weighted by atomic mass is 79.9. The maximum atomic E-state index is 10.2.